The van der Waals surface area contributed by atoms with Gasteiger partial charge < -0.3 is 0 Å². The number of rotatable bonds is 2. The second kappa shape index (κ2) is 5.19. The number of Topliss-reactive ketones (excluding diaryl/α,β-unsaturated/α-hetero) is 1. The van der Waals surface area contributed by atoms with E-state index >= 15 is 0 Å². The zero-order valence-electron chi connectivity index (χ0n) is 10.3. The molecule has 2 rings (SSSR count). The van der Waals surface area contributed by atoms with Crippen LogP contribution >= 0.6 is 11.6 Å². The van der Waals surface area contributed by atoms with Gasteiger partial charge in [0.1, 0.15) is 5.78 Å². The molecule has 1 aliphatic heterocycles. The molecule has 1 aromatic carbocycles. The Bertz CT molecular complexity index is 401. The van der Waals surface area contributed by atoms with E-state index in [-0.39, 0.29) is 5.92 Å². The molecule has 0 N–H and O–H groups in total. The first kappa shape index (κ1) is 12.6. The molecule has 0 spiro atoms. The Hall–Kier alpha value is -0.860. The van der Waals surface area contributed by atoms with Gasteiger partial charge in [-0.2, -0.15) is 0 Å². The van der Waals surface area contributed by atoms with Gasteiger partial charge in [0, 0.05) is 36.5 Å². The highest BCUT2D eigenvalue weighted by Gasteiger charge is 2.26. The molecule has 1 aliphatic rings. The minimum Gasteiger partial charge on any atom is -0.299 e. The third-order valence-corrected chi connectivity index (χ3v) is 3.86. The summed E-state index contributed by atoms with van der Waals surface area (Å²) in [6.45, 7) is 5.93. The predicted octanol–water partition coefficient (Wildman–Crippen LogP) is 3.31. The second-order valence-corrected chi connectivity index (χ2v) is 5.28. The van der Waals surface area contributed by atoms with Crippen molar-refractivity contribution in [3.05, 3.63) is 34.9 Å². The highest BCUT2D eigenvalue weighted by molar-refractivity contribution is 6.30. The fourth-order valence-corrected chi connectivity index (χ4v) is 2.47. The Balaban J connectivity index is 2.07. The van der Waals surface area contributed by atoms with Crippen LogP contribution in [0.1, 0.15) is 31.9 Å². The second-order valence-electron chi connectivity index (χ2n) is 4.84. The molecular formula is C14H18ClNO. The van der Waals surface area contributed by atoms with Gasteiger partial charge in [-0.25, -0.2) is 0 Å². The van der Waals surface area contributed by atoms with E-state index in [4.69, 9.17) is 11.6 Å². The average molecular weight is 252 g/mol. The van der Waals surface area contributed by atoms with Crippen molar-refractivity contribution in [2.24, 2.45) is 5.92 Å². The molecule has 0 aromatic heterocycles. The number of benzene rings is 1. The summed E-state index contributed by atoms with van der Waals surface area (Å²) in [7, 11) is 0. The average Bonchev–Trinajstić information content (AvgIpc) is 2.33. The third kappa shape index (κ3) is 2.88. The van der Waals surface area contributed by atoms with Gasteiger partial charge in [0.25, 0.3) is 0 Å². The van der Waals surface area contributed by atoms with Crippen LogP contribution in [0.4, 0.5) is 0 Å². The molecule has 17 heavy (non-hydrogen) atoms. The Morgan fingerprint density at radius 3 is 2.59 bits per heavy atom. The van der Waals surface area contributed by atoms with Crippen LogP contribution in [0, 0.1) is 5.92 Å². The minimum absolute atomic E-state index is 0.165. The molecule has 0 saturated carbocycles. The highest BCUT2D eigenvalue weighted by atomic mass is 35.5. The number of nitrogens with zero attached hydrogens (tertiary/aromatic N) is 1. The third-order valence-electron chi connectivity index (χ3n) is 3.60. The predicted molar refractivity (Wildman–Crippen MR) is 70.2 cm³/mol. The maximum absolute atomic E-state index is 11.5. The van der Waals surface area contributed by atoms with Crippen LogP contribution in [0.25, 0.3) is 0 Å². The van der Waals surface area contributed by atoms with Gasteiger partial charge in [0.05, 0.1) is 0 Å². The highest BCUT2D eigenvalue weighted by Crippen LogP contribution is 2.25. The molecule has 0 amide bonds. The first-order valence-electron chi connectivity index (χ1n) is 6.10. The molecule has 0 bridgehead atoms. The van der Waals surface area contributed by atoms with Crippen LogP contribution in [0.5, 0.6) is 0 Å². The monoisotopic (exact) mass is 251 g/mol. The summed E-state index contributed by atoms with van der Waals surface area (Å²) in [5.74, 6) is 0.558. The Morgan fingerprint density at radius 1 is 1.35 bits per heavy atom. The van der Waals surface area contributed by atoms with Crippen molar-refractivity contribution in [3.8, 4) is 0 Å². The van der Waals surface area contributed by atoms with Gasteiger partial charge in [-0.15, -0.1) is 0 Å². The summed E-state index contributed by atoms with van der Waals surface area (Å²) in [5.41, 5.74) is 1.26. The van der Waals surface area contributed by atoms with Gasteiger partial charge in [-0.1, -0.05) is 30.7 Å². The van der Waals surface area contributed by atoms with E-state index in [9.17, 15) is 4.79 Å². The number of piperidine rings is 1. The van der Waals surface area contributed by atoms with Crippen molar-refractivity contribution in [2.75, 3.05) is 13.1 Å². The Morgan fingerprint density at radius 2 is 2.00 bits per heavy atom. The van der Waals surface area contributed by atoms with E-state index in [1.165, 1.54) is 5.56 Å². The van der Waals surface area contributed by atoms with Gasteiger partial charge in [-0.05, 0) is 24.6 Å². The smallest absolute Gasteiger partial charge is 0.138 e. The molecule has 1 saturated heterocycles. The zero-order valence-corrected chi connectivity index (χ0v) is 11.1. The summed E-state index contributed by atoms with van der Waals surface area (Å²) in [6, 6.07) is 8.32. The minimum atomic E-state index is 0.165. The van der Waals surface area contributed by atoms with E-state index in [0.717, 1.165) is 18.1 Å². The van der Waals surface area contributed by atoms with E-state index in [0.29, 0.717) is 18.2 Å². The molecule has 0 aliphatic carbocycles. The first-order valence-corrected chi connectivity index (χ1v) is 6.48. The Labute approximate surface area is 108 Å². The van der Waals surface area contributed by atoms with Gasteiger partial charge in [0.2, 0.25) is 0 Å². The molecule has 2 nitrogen and oxygen atoms in total. The molecule has 0 radical (unpaired) electrons. The lowest BCUT2D eigenvalue weighted by atomic mass is 9.95. The van der Waals surface area contributed by atoms with Crippen molar-refractivity contribution < 1.29 is 4.79 Å². The topological polar surface area (TPSA) is 20.3 Å². The quantitative estimate of drug-likeness (QED) is 0.804. The van der Waals surface area contributed by atoms with Gasteiger partial charge in [0.15, 0.2) is 0 Å². The van der Waals surface area contributed by atoms with Crippen LogP contribution in [-0.2, 0) is 4.79 Å². The molecule has 92 valence electrons. The standard InChI is InChI=1S/C14H18ClNO/c1-10-9-16(8-7-14(10)17)11(2)12-3-5-13(15)6-4-12/h3-6,10-11H,7-9H2,1-2H3. The lowest BCUT2D eigenvalue weighted by Crippen LogP contribution is -2.40. The van der Waals surface area contributed by atoms with Crippen molar-refractivity contribution in [1.29, 1.82) is 0 Å². The summed E-state index contributed by atoms with van der Waals surface area (Å²) in [5, 5.41) is 0.767. The number of halogens is 1. The number of ketones is 1. The molecular weight excluding hydrogens is 234 g/mol. The molecule has 2 atom stereocenters. The fourth-order valence-electron chi connectivity index (χ4n) is 2.35. The maximum atomic E-state index is 11.5. The van der Waals surface area contributed by atoms with Crippen LogP contribution in [0.3, 0.4) is 0 Å². The summed E-state index contributed by atoms with van der Waals surface area (Å²) >= 11 is 5.89. The maximum Gasteiger partial charge on any atom is 0.138 e. The number of carbonyl (C=O) groups excluding carboxylic acids is 1. The van der Waals surface area contributed by atoms with Gasteiger partial charge in [-0.3, -0.25) is 9.69 Å². The number of hydrogen-bond donors (Lipinski definition) is 0. The zero-order chi connectivity index (χ0) is 12.4. The van der Waals surface area contributed by atoms with Crippen LogP contribution in [0.15, 0.2) is 24.3 Å². The fraction of sp³-hybridized carbons (Fsp3) is 0.500. The van der Waals surface area contributed by atoms with Crippen molar-refractivity contribution in [3.63, 3.8) is 0 Å². The normalized spacial score (nSPS) is 23.7. The van der Waals surface area contributed by atoms with Gasteiger partial charge >= 0.3 is 0 Å². The lowest BCUT2D eigenvalue weighted by Gasteiger charge is -2.35. The summed E-state index contributed by atoms with van der Waals surface area (Å²) in [4.78, 5) is 13.9. The van der Waals surface area contributed by atoms with Crippen molar-refractivity contribution in [1.82, 2.24) is 4.90 Å². The van der Waals surface area contributed by atoms with Crippen LogP contribution in [0.2, 0.25) is 5.02 Å². The molecule has 1 aromatic rings. The molecule has 2 unspecified atom stereocenters. The number of hydrogen-bond acceptors (Lipinski definition) is 2. The Kier molecular flexibility index (Phi) is 3.85. The van der Waals surface area contributed by atoms with E-state index < -0.39 is 0 Å². The largest absolute Gasteiger partial charge is 0.299 e. The van der Waals surface area contributed by atoms with E-state index in [1.54, 1.807) is 0 Å². The molecule has 1 heterocycles. The van der Waals surface area contributed by atoms with E-state index in [2.05, 4.69) is 24.0 Å². The SMILES string of the molecule is CC1CN(C(C)c2ccc(Cl)cc2)CCC1=O. The van der Waals surface area contributed by atoms with Crippen LogP contribution < -0.4 is 0 Å². The van der Waals surface area contributed by atoms with Crippen molar-refractivity contribution >= 4 is 17.4 Å². The van der Waals surface area contributed by atoms with E-state index in [1.807, 2.05) is 19.1 Å². The summed E-state index contributed by atoms with van der Waals surface area (Å²) < 4.78 is 0. The number of likely N-dealkylation sites (tertiary alicyclic amines) is 1. The summed E-state index contributed by atoms with van der Waals surface area (Å²) in [6.07, 6.45) is 0.680. The molecule has 1 fully saturated rings. The lowest BCUT2D eigenvalue weighted by molar-refractivity contribution is -0.126. The first-order chi connectivity index (χ1) is 8.08. The van der Waals surface area contributed by atoms with Crippen LogP contribution in [-0.4, -0.2) is 23.8 Å². The van der Waals surface area contributed by atoms with Crippen molar-refractivity contribution in [2.45, 2.75) is 26.3 Å². The number of carbonyl (C=O) groups is 1. The molecule has 3 heteroatoms.